The Hall–Kier alpha value is -4.01. The van der Waals surface area contributed by atoms with E-state index in [2.05, 4.69) is 137 Å². The van der Waals surface area contributed by atoms with E-state index in [4.69, 9.17) is 34.6 Å². The molecule has 1 N–H and O–H groups in total. The van der Waals surface area contributed by atoms with Gasteiger partial charge in [-0.3, -0.25) is 4.90 Å². The molecule has 12 heteroatoms. The Bertz CT molecular complexity index is 2430. The Balaban J connectivity index is 0.871. The number of fused-ring (bicyclic) bond motifs is 5. The number of likely N-dealkylation sites (tertiary alicyclic amines) is 1. The van der Waals surface area contributed by atoms with Crippen LogP contribution in [0.2, 0.25) is 0 Å². The number of rotatable bonds is 29. The molecule has 11 nitrogen and oxygen atoms in total. The van der Waals surface area contributed by atoms with Gasteiger partial charge in [-0.1, -0.05) is 133 Å². The fraction of sp³-hybridized carbons (Fsp3) is 0.681. The Labute approximate surface area is 491 Å². The minimum atomic E-state index is -1.42. The molecule has 3 aromatic rings. The maximum Gasteiger partial charge on any atom is 0.407 e. The summed E-state index contributed by atoms with van der Waals surface area (Å²) in [5.41, 5.74) is 4.37. The van der Waals surface area contributed by atoms with E-state index in [0.29, 0.717) is 31.7 Å². The monoisotopic (exact) mass is 1130 g/mol. The maximum atomic E-state index is 13.4. The molecule has 0 radical (unpaired) electrons. The fourth-order valence-electron chi connectivity index (χ4n) is 16.1. The van der Waals surface area contributed by atoms with Crippen molar-refractivity contribution in [1.82, 2.24) is 14.9 Å². The lowest BCUT2D eigenvalue weighted by atomic mass is 9.47. The number of benzene rings is 3. The molecule has 446 valence electrons. The van der Waals surface area contributed by atoms with E-state index in [1.807, 2.05) is 30.3 Å². The maximum absolute atomic E-state index is 13.4. The molecule has 0 aromatic heterocycles. The highest BCUT2D eigenvalue weighted by molar-refractivity contribution is 7.44. The summed E-state index contributed by atoms with van der Waals surface area (Å²) >= 11 is 0. The van der Waals surface area contributed by atoms with Gasteiger partial charge in [-0.05, 0) is 186 Å². The Morgan fingerprint density at radius 2 is 1.46 bits per heavy atom. The first kappa shape index (κ1) is 63.0. The van der Waals surface area contributed by atoms with Gasteiger partial charge in [0.15, 0.2) is 0 Å². The number of hydrogen-bond acceptors (Lipinski definition) is 9. The van der Waals surface area contributed by atoms with Gasteiger partial charge in [0, 0.05) is 37.6 Å². The van der Waals surface area contributed by atoms with Crippen molar-refractivity contribution in [2.45, 2.75) is 201 Å². The molecule has 5 aliphatic rings. The lowest BCUT2D eigenvalue weighted by molar-refractivity contribution is -0.0581. The molecule has 4 aliphatic carbocycles. The van der Waals surface area contributed by atoms with Crippen LogP contribution < -0.4 is 14.8 Å². The average Bonchev–Trinajstić information content (AvgIpc) is 4.08. The topological polar surface area (TPSA) is 95.3 Å². The summed E-state index contributed by atoms with van der Waals surface area (Å²) < 4.78 is 40.8. The molecule has 0 spiro atoms. The van der Waals surface area contributed by atoms with Crippen molar-refractivity contribution < 1.29 is 32.8 Å². The van der Waals surface area contributed by atoms with Crippen LogP contribution in [-0.4, -0.2) is 99.6 Å². The summed E-state index contributed by atoms with van der Waals surface area (Å²) in [6, 6.07) is 27.4. The number of unbranched alkanes of at least 4 members (excludes halogenated alkanes) is 3. The van der Waals surface area contributed by atoms with E-state index in [-0.39, 0.29) is 41.8 Å². The molecular formula is C69H103N4O7P. The number of nitrogens with zero attached hydrogens (tertiary/aromatic N) is 3. The number of amides is 1. The first-order chi connectivity index (χ1) is 39.0. The zero-order valence-corrected chi connectivity index (χ0v) is 52.5. The van der Waals surface area contributed by atoms with Gasteiger partial charge in [0.05, 0.1) is 26.9 Å². The number of hydrogen-bond donors (Lipinski definition) is 1. The van der Waals surface area contributed by atoms with Crippen molar-refractivity contribution >= 4 is 14.6 Å². The molecule has 0 bridgehead atoms. The predicted octanol–water partition coefficient (Wildman–Crippen LogP) is 16.4. The van der Waals surface area contributed by atoms with E-state index in [0.717, 1.165) is 128 Å². The molecule has 1 amide bonds. The van der Waals surface area contributed by atoms with Crippen LogP contribution in [0, 0.1) is 52.9 Å². The third kappa shape index (κ3) is 14.9. The molecule has 3 saturated carbocycles. The molecule has 3 aromatic carbocycles. The van der Waals surface area contributed by atoms with Crippen molar-refractivity contribution in [3.8, 4) is 11.5 Å². The normalized spacial score (nSPS) is 27.3. The van der Waals surface area contributed by atoms with Gasteiger partial charge < -0.3 is 38.2 Å². The Morgan fingerprint density at radius 3 is 2.10 bits per heavy atom. The van der Waals surface area contributed by atoms with Crippen LogP contribution in [0.25, 0.3) is 4.85 Å². The highest BCUT2D eigenvalue weighted by Gasteiger charge is 2.59. The minimum Gasteiger partial charge on any atom is -0.497 e. The number of carbonyl (C=O) groups excluding carboxylic acids is 1. The smallest absolute Gasteiger partial charge is 0.407 e. The Kier molecular flexibility index (Phi) is 22.7. The van der Waals surface area contributed by atoms with Gasteiger partial charge in [-0.15, -0.1) is 0 Å². The van der Waals surface area contributed by atoms with Gasteiger partial charge in [-0.2, -0.15) is 0 Å². The van der Waals surface area contributed by atoms with Crippen LogP contribution >= 0.6 is 8.53 Å². The van der Waals surface area contributed by atoms with Crippen LogP contribution in [0.5, 0.6) is 11.5 Å². The largest absolute Gasteiger partial charge is 0.497 e. The van der Waals surface area contributed by atoms with Crippen LogP contribution in [-0.2, 0) is 24.1 Å². The number of methoxy groups -OCH3 is 2. The van der Waals surface area contributed by atoms with Crippen molar-refractivity contribution in [3.63, 3.8) is 0 Å². The molecule has 1 heterocycles. The van der Waals surface area contributed by atoms with E-state index in [1.165, 1.54) is 51.4 Å². The van der Waals surface area contributed by atoms with E-state index in [9.17, 15) is 4.79 Å². The van der Waals surface area contributed by atoms with Crippen LogP contribution in [0.1, 0.15) is 182 Å². The molecular weight excluding hydrogens is 1030 g/mol. The molecule has 4 fully saturated rings. The molecule has 11 atom stereocenters. The van der Waals surface area contributed by atoms with Gasteiger partial charge in [0.1, 0.15) is 29.8 Å². The SMILES string of the molecule is [C-]#[N+]CCOP(O[C@@H]1C[C@@H](COC(c2ccccc2)(c2ccc(OC)cc2)c2ccc(OC)cc2)N(CCCCCCNC(=O)O[C@H]2CC[C@@]3(C)C(=CCC4C3CC[C@@]3(C)C4CC[C@@H]3[C@H](C)CCCC(C)C)C2)C1)N(C(C)C)C(C)C. The summed E-state index contributed by atoms with van der Waals surface area (Å²) in [6.07, 6.45) is 20.8. The number of ether oxygens (including phenoxy) is 4. The summed E-state index contributed by atoms with van der Waals surface area (Å²) in [6.45, 7) is 32.1. The molecule has 8 rings (SSSR count). The second kappa shape index (κ2) is 29.2. The standard InChI is InChI=1S/C69H103N4O7P/c1-49(2)21-20-22-52(7)63-35-36-64-62-34-29-56-45-60(37-39-67(56,8)65(62)38-40-68(63,64)9)79-66(74)71-41-18-13-14-19-43-72-47-61(80-81(78-44-42-70-10)73(50(3)4)51(5)6)46-57(72)48-77-69(53-23-16-15-17-24-53,54-25-30-58(75-11)31-26-54)55-27-32-59(76-12)33-28-55/h15-17,23-33,49-52,57,60-65H,13-14,18-22,34-48H2,1-9,11-12H3,(H,71,74)/t52-,57+,60+,61-,62?,63-,64?,65?,67+,68-,81?/m1/s1. The van der Waals surface area contributed by atoms with Gasteiger partial charge in [0.2, 0.25) is 6.54 Å². The van der Waals surface area contributed by atoms with E-state index in [1.54, 1.807) is 19.8 Å². The summed E-state index contributed by atoms with van der Waals surface area (Å²) in [5.74, 6) is 6.48. The second-order valence-corrected chi connectivity index (χ2v) is 27.8. The molecule has 1 saturated heterocycles. The average molecular weight is 1130 g/mol. The van der Waals surface area contributed by atoms with Crippen LogP contribution in [0.3, 0.4) is 0 Å². The first-order valence-electron chi connectivity index (χ1n) is 31.6. The van der Waals surface area contributed by atoms with Gasteiger partial charge in [0.25, 0.3) is 8.53 Å². The van der Waals surface area contributed by atoms with Crippen LogP contribution in [0.15, 0.2) is 90.5 Å². The van der Waals surface area contributed by atoms with Gasteiger partial charge in [-0.25, -0.2) is 16.0 Å². The Morgan fingerprint density at radius 1 is 0.790 bits per heavy atom. The summed E-state index contributed by atoms with van der Waals surface area (Å²) in [5, 5.41) is 3.14. The molecule has 1 aliphatic heterocycles. The predicted molar refractivity (Wildman–Crippen MR) is 329 cm³/mol. The quantitative estimate of drug-likeness (QED) is 0.0240. The number of alkyl carbamates (subject to hydrolysis) is 1. The third-order valence-electron chi connectivity index (χ3n) is 20.2. The third-order valence-corrected chi connectivity index (χ3v) is 22.4. The number of nitrogens with one attached hydrogen (secondary N) is 1. The minimum absolute atomic E-state index is 0.0478. The van der Waals surface area contributed by atoms with E-state index >= 15 is 0 Å². The lowest BCUT2D eigenvalue weighted by Gasteiger charge is -2.58. The first-order valence-corrected chi connectivity index (χ1v) is 32.7. The fourth-order valence-corrected chi connectivity index (χ4v) is 17.8. The second-order valence-electron chi connectivity index (χ2n) is 26.3. The highest BCUT2D eigenvalue weighted by atomic mass is 31.2. The lowest BCUT2D eigenvalue weighted by Crippen LogP contribution is -2.51. The van der Waals surface area contributed by atoms with Crippen molar-refractivity contribution in [1.29, 1.82) is 0 Å². The van der Waals surface area contributed by atoms with Crippen molar-refractivity contribution in [2.24, 2.45) is 46.3 Å². The highest BCUT2D eigenvalue weighted by Crippen LogP contribution is 2.67. The number of allylic oxidation sites excluding steroid dienone is 1. The van der Waals surface area contributed by atoms with Gasteiger partial charge >= 0.3 is 6.09 Å². The molecule has 4 unspecified atom stereocenters. The summed E-state index contributed by atoms with van der Waals surface area (Å²) in [4.78, 5) is 19.5. The van der Waals surface area contributed by atoms with Crippen LogP contribution in [0.4, 0.5) is 4.79 Å². The molecule has 81 heavy (non-hydrogen) atoms. The van der Waals surface area contributed by atoms with E-state index < -0.39 is 14.1 Å². The van der Waals surface area contributed by atoms with Crippen molar-refractivity contribution in [3.05, 3.63) is 119 Å². The summed E-state index contributed by atoms with van der Waals surface area (Å²) in [7, 11) is 1.97. The van der Waals surface area contributed by atoms with Crippen molar-refractivity contribution in [2.75, 3.05) is 53.6 Å². The zero-order valence-electron chi connectivity index (χ0n) is 51.6. The number of carbonyl (C=O) groups is 1. The zero-order chi connectivity index (χ0) is 57.7.